The van der Waals surface area contributed by atoms with Crippen molar-refractivity contribution in [2.45, 2.75) is 69.1 Å². The fourth-order valence-corrected chi connectivity index (χ4v) is 7.08. The van der Waals surface area contributed by atoms with E-state index in [1.807, 2.05) is 60.7 Å². The van der Waals surface area contributed by atoms with E-state index in [4.69, 9.17) is 4.74 Å². The summed E-state index contributed by atoms with van der Waals surface area (Å²) in [7, 11) is 1.77. The van der Waals surface area contributed by atoms with Crippen molar-refractivity contribution in [3.8, 4) is 0 Å². The van der Waals surface area contributed by atoms with E-state index >= 15 is 0 Å². The molecule has 0 bridgehead atoms. The van der Waals surface area contributed by atoms with Crippen molar-refractivity contribution in [3.63, 3.8) is 0 Å². The number of carbonyl (C=O) groups is 3. The van der Waals surface area contributed by atoms with Gasteiger partial charge in [-0.1, -0.05) is 61.4 Å². The van der Waals surface area contributed by atoms with E-state index in [1.54, 1.807) is 7.11 Å². The van der Waals surface area contributed by atoms with Crippen LogP contribution in [-0.2, 0) is 20.7 Å². The lowest BCUT2D eigenvalue weighted by Crippen LogP contribution is -2.61. The zero-order valence-corrected chi connectivity index (χ0v) is 25.2. The topological polar surface area (TPSA) is 99.8 Å². The normalized spacial score (nSPS) is 18.0. The Labute approximate surface area is 252 Å². The highest BCUT2D eigenvalue weighted by Gasteiger charge is 2.44. The van der Waals surface area contributed by atoms with Gasteiger partial charge in [-0.3, -0.25) is 14.4 Å². The van der Waals surface area contributed by atoms with Crippen molar-refractivity contribution < 1.29 is 19.1 Å². The number of nitrogens with one attached hydrogen (secondary N) is 3. The molecule has 1 atom stereocenters. The van der Waals surface area contributed by atoms with Crippen LogP contribution >= 0.6 is 11.3 Å². The fraction of sp³-hybridized carbons (Fsp3) is 0.485. The Bertz CT molecular complexity index is 1310. The van der Waals surface area contributed by atoms with E-state index in [0.717, 1.165) is 67.4 Å². The van der Waals surface area contributed by atoms with Crippen molar-refractivity contribution >= 4 is 39.1 Å². The van der Waals surface area contributed by atoms with Gasteiger partial charge in [-0.2, -0.15) is 0 Å². The van der Waals surface area contributed by atoms with Crippen molar-refractivity contribution in [2.24, 2.45) is 0 Å². The third kappa shape index (κ3) is 7.56. The van der Waals surface area contributed by atoms with Gasteiger partial charge in [0.15, 0.2) is 0 Å². The van der Waals surface area contributed by atoms with Crippen molar-refractivity contribution in [2.75, 3.05) is 33.3 Å². The van der Waals surface area contributed by atoms with Crippen molar-refractivity contribution in [3.05, 3.63) is 71.1 Å². The SMILES string of the molecule is COC1CCN(CCCNC(=O)[C@@H](Cc2ccccc2)NC(=O)C2(NC(=O)c3cc4ccccc4s3)CCCC2)CC1. The van der Waals surface area contributed by atoms with E-state index in [2.05, 4.69) is 20.9 Å². The number of likely N-dealkylation sites (tertiary alicyclic amines) is 1. The summed E-state index contributed by atoms with van der Waals surface area (Å²) in [5.74, 6) is -0.729. The molecule has 1 aliphatic carbocycles. The first-order valence-corrected chi connectivity index (χ1v) is 16.0. The average Bonchev–Trinajstić information content (AvgIpc) is 3.68. The second-order valence-electron chi connectivity index (χ2n) is 11.5. The molecule has 42 heavy (non-hydrogen) atoms. The van der Waals surface area contributed by atoms with Crippen LogP contribution in [-0.4, -0.2) is 73.6 Å². The Morgan fingerprint density at radius 1 is 1.02 bits per heavy atom. The molecule has 224 valence electrons. The molecule has 3 N–H and O–H groups in total. The van der Waals surface area contributed by atoms with Crippen LogP contribution in [0.15, 0.2) is 60.7 Å². The number of hydrogen-bond acceptors (Lipinski definition) is 6. The van der Waals surface area contributed by atoms with Crippen molar-refractivity contribution in [1.82, 2.24) is 20.9 Å². The van der Waals surface area contributed by atoms with Gasteiger partial charge in [0.2, 0.25) is 11.8 Å². The van der Waals surface area contributed by atoms with Gasteiger partial charge in [0.1, 0.15) is 11.6 Å². The molecule has 3 aromatic rings. The van der Waals surface area contributed by atoms with E-state index in [9.17, 15) is 14.4 Å². The number of thiophene rings is 1. The highest BCUT2D eigenvalue weighted by molar-refractivity contribution is 7.20. The molecule has 8 nitrogen and oxygen atoms in total. The lowest BCUT2D eigenvalue weighted by Gasteiger charge is -2.31. The molecule has 0 radical (unpaired) electrons. The van der Waals surface area contributed by atoms with Crippen LogP contribution in [0.3, 0.4) is 0 Å². The van der Waals surface area contributed by atoms with Gasteiger partial charge in [0.25, 0.3) is 5.91 Å². The number of hydrogen-bond donors (Lipinski definition) is 3. The zero-order chi connectivity index (χ0) is 29.4. The van der Waals surface area contributed by atoms with Crippen LogP contribution in [0.2, 0.25) is 0 Å². The maximum absolute atomic E-state index is 13.9. The highest BCUT2D eigenvalue weighted by atomic mass is 32.1. The number of nitrogens with zero attached hydrogens (tertiary/aromatic N) is 1. The molecule has 9 heteroatoms. The molecule has 2 fully saturated rings. The molecule has 2 aromatic carbocycles. The molecular formula is C33H42N4O4S. The molecule has 1 saturated carbocycles. The number of piperidine rings is 1. The van der Waals surface area contributed by atoms with Gasteiger partial charge in [-0.25, -0.2) is 0 Å². The minimum atomic E-state index is -1.03. The zero-order valence-electron chi connectivity index (χ0n) is 24.4. The molecule has 1 aromatic heterocycles. The number of carbonyl (C=O) groups excluding carboxylic acids is 3. The maximum atomic E-state index is 13.9. The molecule has 1 saturated heterocycles. The maximum Gasteiger partial charge on any atom is 0.262 e. The molecular weight excluding hydrogens is 548 g/mol. The van der Waals surface area contributed by atoms with E-state index in [0.29, 0.717) is 36.8 Å². The van der Waals surface area contributed by atoms with Crippen LogP contribution in [0.5, 0.6) is 0 Å². The minimum Gasteiger partial charge on any atom is -0.381 e. The number of methoxy groups -OCH3 is 1. The predicted molar refractivity (Wildman–Crippen MR) is 167 cm³/mol. The molecule has 0 unspecified atom stereocenters. The van der Waals surface area contributed by atoms with Gasteiger partial charge in [-0.05, 0) is 61.7 Å². The van der Waals surface area contributed by atoms with Crippen molar-refractivity contribution in [1.29, 1.82) is 0 Å². The number of benzene rings is 2. The predicted octanol–water partition coefficient (Wildman–Crippen LogP) is 4.29. The summed E-state index contributed by atoms with van der Waals surface area (Å²) in [5.41, 5.74) is -0.0645. The van der Waals surface area contributed by atoms with Crippen LogP contribution in [0.1, 0.15) is 60.2 Å². The highest BCUT2D eigenvalue weighted by Crippen LogP contribution is 2.32. The Morgan fingerprint density at radius 2 is 1.74 bits per heavy atom. The Kier molecular flexibility index (Phi) is 10.3. The largest absolute Gasteiger partial charge is 0.381 e. The van der Waals surface area contributed by atoms with Crippen LogP contribution < -0.4 is 16.0 Å². The van der Waals surface area contributed by atoms with Crippen LogP contribution in [0.4, 0.5) is 0 Å². The number of ether oxygens (including phenoxy) is 1. The van der Waals surface area contributed by atoms with E-state index in [1.165, 1.54) is 11.3 Å². The van der Waals surface area contributed by atoms with Gasteiger partial charge < -0.3 is 25.6 Å². The van der Waals surface area contributed by atoms with Gasteiger partial charge >= 0.3 is 0 Å². The van der Waals surface area contributed by atoms with E-state index in [-0.39, 0.29) is 17.7 Å². The number of rotatable bonds is 12. The first-order valence-electron chi connectivity index (χ1n) is 15.1. The lowest BCUT2D eigenvalue weighted by atomic mass is 9.94. The first kappa shape index (κ1) is 30.2. The summed E-state index contributed by atoms with van der Waals surface area (Å²) in [4.78, 5) is 43.7. The quantitative estimate of drug-likeness (QED) is 0.274. The molecule has 2 heterocycles. The van der Waals surface area contributed by atoms with Crippen LogP contribution in [0, 0.1) is 0 Å². The summed E-state index contributed by atoms with van der Waals surface area (Å²) in [6, 6.07) is 18.7. The number of fused-ring (bicyclic) bond motifs is 1. The summed E-state index contributed by atoms with van der Waals surface area (Å²) in [6.45, 7) is 3.47. The summed E-state index contributed by atoms with van der Waals surface area (Å²) >= 11 is 1.42. The molecule has 0 spiro atoms. The molecule has 2 aliphatic rings. The molecule has 1 aliphatic heterocycles. The standard InChI is InChI=1S/C33H42N4O4S/c1-41-26-14-20-37(21-15-26)19-9-18-34-30(38)27(22-24-10-3-2-4-11-24)35-32(40)33(16-7-8-17-33)36-31(39)29-23-25-12-5-6-13-28(25)42-29/h2-6,10-13,23,26-27H,7-9,14-22H2,1H3,(H,34,38)(H,35,40)(H,36,39)/t27-/m1/s1. The Balaban J connectivity index is 1.22. The number of amides is 3. The second-order valence-corrected chi connectivity index (χ2v) is 12.6. The first-order chi connectivity index (χ1) is 20.5. The minimum absolute atomic E-state index is 0.200. The lowest BCUT2D eigenvalue weighted by molar-refractivity contribution is -0.132. The van der Waals surface area contributed by atoms with Gasteiger partial charge in [0.05, 0.1) is 11.0 Å². The third-order valence-electron chi connectivity index (χ3n) is 8.62. The Hall–Kier alpha value is -3.27. The summed E-state index contributed by atoms with van der Waals surface area (Å²) in [5, 5.41) is 10.2. The summed E-state index contributed by atoms with van der Waals surface area (Å²) in [6.07, 6.45) is 6.43. The second kappa shape index (κ2) is 14.3. The monoisotopic (exact) mass is 590 g/mol. The fourth-order valence-electron chi connectivity index (χ4n) is 6.12. The van der Waals surface area contributed by atoms with Gasteiger partial charge in [-0.15, -0.1) is 11.3 Å². The molecule has 5 rings (SSSR count). The Morgan fingerprint density at radius 3 is 2.45 bits per heavy atom. The van der Waals surface area contributed by atoms with Crippen LogP contribution in [0.25, 0.3) is 10.1 Å². The summed E-state index contributed by atoms with van der Waals surface area (Å²) < 4.78 is 6.50. The van der Waals surface area contributed by atoms with E-state index < -0.39 is 11.6 Å². The third-order valence-corrected chi connectivity index (χ3v) is 9.73. The van der Waals surface area contributed by atoms with Gasteiger partial charge in [0, 0.05) is 37.9 Å². The smallest absolute Gasteiger partial charge is 0.262 e. The molecule has 3 amide bonds. The average molecular weight is 591 g/mol.